The third kappa shape index (κ3) is 1.27. The number of hydrogen-bond donors (Lipinski definition) is 0. The van der Waals surface area contributed by atoms with Crippen LogP contribution in [0.3, 0.4) is 0 Å². The number of nitrogens with zero attached hydrogens (tertiary/aromatic N) is 2. The van der Waals surface area contributed by atoms with Crippen LogP contribution in [0.2, 0.25) is 0 Å². The van der Waals surface area contributed by atoms with E-state index in [4.69, 9.17) is 0 Å². The first-order chi connectivity index (χ1) is 5.38. The van der Waals surface area contributed by atoms with Gasteiger partial charge in [-0.3, -0.25) is 4.79 Å². The third-order valence-electron chi connectivity index (χ3n) is 1.73. The smallest absolute Gasteiger partial charge is 0.203 e. The summed E-state index contributed by atoms with van der Waals surface area (Å²) < 4.78 is 0. The Kier molecular flexibility index (Phi) is 1.42. The molecule has 3 nitrogen and oxygen atoms in total. The van der Waals surface area contributed by atoms with E-state index in [0.717, 1.165) is 12.8 Å². The Morgan fingerprint density at radius 1 is 1.36 bits per heavy atom. The van der Waals surface area contributed by atoms with Gasteiger partial charge in [-0.05, 0) is 18.9 Å². The molecule has 0 aromatic carbocycles. The highest BCUT2D eigenvalue weighted by atomic mass is 16.1. The highest BCUT2D eigenvalue weighted by Gasteiger charge is 2.31. The fourth-order valence-corrected chi connectivity index (χ4v) is 0.954. The molecule has 56 valence electrons. The van der Waals surface area contributed by atoms with Gasteiger partial charge in [-0.1, -0.05) is 0 Å². The maximum atomic E-state index is 11.3. The highest BCUT2D eigenvalue weighted by molar-refractivity contribution is 5.95. The molecule has 0 N–H and O–H groups in total. The molecule has 1 fully saturated rings. The van der Waals surface area contributed by atoms with Crippen LogP contribution >= 0.6 is 0 Å². The molecule has 0 amide bonds. The lowest BCUT2D eigenvalue weighted by Crippen LogP contribution is -2.05. The number of carbonyl (C=O) groups excluding carboxylic acids is 1. The highest BCUT2D eigenvalue weighted by Crippen LogP contribution is 2.31. The maximum Gasteiger partial charge on any atom is 0.203 e. The predicted molar refractivity (Wildman–Crippen MR) is 39.1 cm³/mol. The molecule has 11 heavy (non-hydrogen) atoms. The van der Waals surface area contributed by atoms with Crippen LogP contribution in [0, 0.1) is 5.92 Å². The molecule has 0 bridgehead atoms. The van der Waals surface area contributed by atoms with Crippen molar-refractivity contribution in [3.05, 3.63) is 24.3 Å². The van der Waals surface area contributed by atoms with E-state index in [9.17, 15) is 4.79 Å². The SMILES string of the molecule is O=C(c1ncccn1)C1CC1. The first-order valence-electron chi connectivity index (χ1n) is 3.69. The van der Waals surface area contributed by atoms with E-state index in [1.54, 1.807) is 18.5 Å². The number of hydrogen-bond acceptors (Lipinski definition) is 3. The van der Waals surface area contributed by atoms with Crippen molar-refractivity contribution < 1.29 is 4.79 Å². The minimum atomic E-state index is 0.102. The fraction of sp³-hybridized carbons (Fsp3) is 0.375. The zero-order valence-electron chi connectivity index (χ0n) is 6.03. The van der Waals surface area contributed by atoms with Crippen molar-refractivity contribution in [2.75, 3.05) is 0 Å². The summed E-state index contributed by atoms with van der Waals surface area (Å²) in [6.07, 6.45) is 5.22. The van der Waals surface area contributed by atoms with Gasteiger partial charge in [0.1, 0.15) is 0 Å². The molecular weight excluding hydrogens is 140 g/mol. The molecule has 0 unspecified atom stereocenters. The van der Waals surface area contributed by atoms with Crippen LogP contribution in [-0.4, -0.2) is 15.8 Å². The summed E-state index contributed by atoms with van der Waals surface area (Å²) in [6, 6.07) is 1.71. The van der Waals surface area contributed by atoms with Crippen molar-refractivity contribution in [1.29, 1.82) is 0 Å². The van der Waals surface area contributed by atoms with Crippen molar-refractivity contribution in [1.82, 2.24) is 9.97 Å². The minimum absolute atomic E-state index is 0.102. The molecule has 1 aromatic rings. The largest absolute Gasteiger partial charge is 0.290 e. The van der Waals surface area contributed by atoms with Gasteiger partial charge < -0.3 is 0 Å². The number of aromatic nitrogens is 2. The van der Waals surface area contributed by atoms with Gasteiger partial charge in [-0.2, -0.15) is 0 Å². The van der Waals surface area contributed by atoms with E-state index in [-0.39, 0.29) is 11.7 Å². The Balaban J connectivity index is 2.22. The molecule has 1 saturated carbocycles. The standard InChI is InChI=1S/C8H8N2O/c11-7(6-2-3-6)8-9-4-1-5-10-8/h1,4-6H,2-3H2. The Hall–Kier alpha value is -1.25. The van der Waals surface area contributed by atoms with E-state index in [1.165, 1.54) is 0 Å². The molecule has 1 aliphatic rings. The van der Waals surface area contributed by atoms with Crippen molar-refractivity contribution in [2.24, 2.45) is 5.92 Å². The lowest BCUT2D eigenvalue weighted by Gasteiger charge is -1.92. The van der Waals surface area contributed by atoms with Gasteiger partial charge in [0.25, 0.3) is 0 Å². The molecule has 3 heteroatoms. The van der Waals surface area contributed by atoms with Crippen molar-refractivity contribution in [2.45, 2.75) is 12.8 Å². The molecular formula is C8H8N2O. The van der Waals surface area contributed by atoms with Gasteiger partial charge in [-0.15, -0.1) is 0 Å². The van der Waals surface area contributed by atoms with Gasteiger partial charge in [0.05, 0.1) is 0 Å². The van der Waals surface area contributed by atoms with Gasteiger partial charge in [0.15, 0.2) is 5.82 Å². The van der Waals surface area contributed by atoms with Crippen LogP contribution in [0.5, 0.6) is 0 Å². The number of rotatable bonds is 2. The Labute approximate surface area is 64.5 Å². The Bertz CT molecular complexity index is 267. The van der Waals surface area contributed by atoms with E-state index in [2.05, 4.69) is 9.97 Å². The van der Waals surface area contributed by atoms with Crippen molar-refractivity contribution in [3.8, 4) is 0 Å². The molecule has 0 aliphatic heterocycles. The fourth-order valence-electron chi connectivity index (χ4n) is 0.954. The van der Waals surface area contributed by atoms with Crippen LogP contribution < -0.4 is 0 Å². The van der Waals surface area contributed by atoms with Crippen molar-refractivity contribution >= 4 is 5.78 Å². The van der Waals surface area contributed by atoms with Crippen LogP contribution in [0.4, 0.5) is 0 Å². The Morgan fingerprint density at radius 3 is 2.55 bits per heavy atom. The minimum Gasteiger partial charge on any atom is -0.290 e. The zero-order valence-corrected chi connectivity index (χ0v) is 6.03. The number of carbonyl (C=O) groups is 1. The summed E-state index contributed by atoms with van der Waals surface area (Å²) in [7, 11) is 0. The summed E-state index contributed by atoms with van der Waals surface area (Å²) in [5.41, 5.74) is 0. The average Bonchev–Trinajstić information content (AvgIpc) is 2.87. The Morgan fingerprint density at radius 2 is 2.00 bits per heavy atom. The molecule has 2 rings (SSSR count). The van der Waals surface area contributed by atoms with Gasteiger partial charge in [0, 0.05) is 18.3 Å². The topological polar surface area (TPSA) is 42.9 Å². The second kappa shape index (κ2) is 2.42. The lowest BCUT2D eigenvalue weighted by molar-refractivity contribution is 0.0957. The molecule has 0 saturated heterocycles. The molecule has 1 heterocycles. The molecule has 0 radical (unpaired) electrons. The van der Waals surface area contributed by atoms with Gasteiger partial charge in [0.2, 0.25) is 5.78 Å². The average molecular weight is 148 g/mol. The summed E-state index contributed by atoms with van der Waals surface area (Å²) >= 11 is 0. The van der Waals surface area contributed by atoms with E-state index in [0.29, 0.717) is 5.82 Å². The quantitative estimate of drug-likeness (QED) is 0.589. The van der Waals surface area contributed by atoms with E-state index < -0.39 is 0 Å². The number of Topliss-reactive ketones (excluding diaryl/α,β-unsaturated/α-hetero) is 1. The first-order valence-corrected chi connectivity index (χ1v) is 3.69. The molecule has 1 aromatic heterocycles. The molecule has 1 aliphatic carbocycles. The second-order valence-electron chi connectivity index (χ2n) is 2.71. The van der Waals surface area contributed by atoms with Crippen LogP contribution in [0.25, 0.3) is 0 Å². The molecule has 0 spiro atoms. The second-order valence-corrected chi connectivity index (χ2v) is 2.71. The first kappa shape index (κ1) is 6.46. The monoisotopic (exact) mass is 148 g/mol. The lowest BCUT2D eigenvalue weighted by atomic mass is 10.2. The maximum absolute atomic E-state index is 11.3. The molecule has 0 atom stereocenters. The van der Waals surface area contributed by atoms with E-state index in [1.807, 2.05) is 0 Å². The summed E-state index contributed by atoms with van der Waals surface area (Å²) in [5, 5.41) is 0. The van der Waals surface area contributed by atoms with Crippen LogP contribution in [0.15, 0.2) is 18.5 Å². The number of ketones is 1. The van der Waals surface area contributed by atoms with Crippen LogP contribution in [0.1, 0.15) is 23.5 Å². The summed E-state index contributed by atoms with van der Waals surface area (Å²) in [4.78, 5) is 19.0. The van der Waals surface area contributed by atoms with Crippen molar-refractivity contribution in [3.63, 3.8) is 0 Å². The van der Waals surface area contributed by atoms with Gasteiger partial charge >= 0.3 is 0 Å². The normalized spacial score (nSPS) is 16.4. The zero-order chi connectivity index (χ0) is 7.68. The summed E-state index contributed by atoms with van der Waals surface area (Å²) in [5.74, 6) is 0.693. The van der Waals surface area contributed by atoms with Crippen LogP contribution in [-0.2, 0) is 0 Å². The summed E-state index contributed by atoms with van der Waals surface area (Å²) in [6.45, 7) is 0. The van der Waals surface area contributed by atoms with Gasteiger partial charge in [-0.25, -0.2) is 9.97 Å². The third-order valence-corrected chi connectivity index (χ3v) is 1.73. The van der Waals surface area contributed by atoms with E-state index >= 15 is 0 Å². The predicted octanol–water partition coefficient (Wildman–Crippen LogP) is 1.07.